The number of methoxy groups -OCH3 is 1. The molecule has 0 saturated carbocycles. The van der Waals surface area contributed by atoms with Crippen LogP contribution in [0.5, 0.6) is 5.75 Å². The number of carboxylic acids is 1. The van der Waals surface area contributed by atoms with E-state index in [-0.39, 0.29) is 23.0 Å². The molecule has 0 radical (unpaired) electrons. The summed E-state index contributed by atoms with van der Waals surface area (Å²) in [4.78, 5) is 11.4. The smallest absolute Gasteiger partial charge is 0.371 e. The first kappa shape index (κ1) is 21.4. The van der Waals surface area contributed by atoms with Crippen molar-refractivity contribution in [2.24, 2.45) is 0 Å². The SMILES string of the molecule is COc1ccc(N(Cc2ccc(C(=O)O)o2)S(=O)(=O)c2c(C)cc(C)cc2C)cc1. The number of rotatable bonds is 7. The molecule has 8 heteroatoms. The van der Waals surface area contributed by atoms with E-state index in [4.69, 9.17) is 14.3 Å². The van der Waals surface area contributed by atoms with Crippen LogP contribution in [-0.4, -0.2) is 26.6 Å². The molecule has 0 fully saturated rings. The van der Waals surface area contributed by atoms with Gasteiger partial charge in [0.05, 0.1) is 24.2 Å². The highest BCUT2D eigenvalue weighted by Crippen LogP contribution is 2.31. The van der Waals surface area contributed by atoms with E-state index in [0.29, 0.717) is 22.6 Å². The zero-order valence-corrected chi connectivity index (χ0v) is 18.0. The number of hydrogen-bond acceptors (Lipinski definition) is 5. The molecular weight excluding hydrogens is 406 g/mol. The average Bonchev–Trinajstić information content (AvgIpc) is 3.14. The van der Waals surface area contributed by atoms with E-state index < -0.39 is 16.0 Å². The summed E-state index contributed by atoms with van der Waals surface area (Å²) in [5.74, 6) is -0.663. The Bertz CT molecular complexity index is 1160. The number of carbonyl (C=O) groups is 1. The van der Waals surface area contributed by atoms with Crippen LogP contribution < -0.4 is 9.04 Å². The number of hydrogen-bond donors (Lipinski definition) is 1. The molecule has 0 saturated heterocycles. The standard InChI is InChI=1S/C22H23NO6S/c1-14-11-15(2)21(16(3)12-14)30(26,27)23(17-5-7-18(28-4)8-6-17)13-19-9-10-20(29-19)22(24)25/h5-12H,13H2,1-4H3,(H,24,25). The molecule has 158 valence electrons. The van der Waals surface area contributed by atoms with Crippen LogP contribution >= 0.6 is 0 Å². The Kier molecular flexibility index (Phi) is 5.89. The molecule has 1 N–H and O–H groups in total. The van der Waals surface area contributed by atoms with Crippen molar-refractivity contribution in [2.75, 3.05) is 11.4 Å². The summed E-state index contributed by atoms with van der Waals surface area (Å²) in [6.07, 6.45) is 0. The van der Waals surface area contributed by atoms with Gasteiger partial charge in [-0.25, -0.2) is 13.2 Å². The molecule has 30 heavy (non-hydrogen) atoms. The summed E-state index contributed by atoms with van der Waals surface area (Å²) in [6.45, 7) is 5.27. The molecule has 3 aromatic rings. The number of furan rings is 1. The fourth-order valence-corrected chi connectivity index (χ4v) is 5.32. The van der Waals surface area contributed by atoms with Crippen LogP contribution in [0.3, 0.4) is 0 Å². The quantitative estimate of drug-likeness (QED) is 0.601. The zero-order chi connectivity index (χ0) is 22.1. The molecule has 1 heterocycles. The van der Waals surface area contributed by atoms with Crippen molar-refractivity contribution in [3.8, 4) is 5.75 Å². The van der Waals surface area contributed by atoms with Crippen LogP contribution in [0.1, 0.15) is 33.0 Å². The van der Waals surface area contributed by atoms with Gasteiger partial charge in [0.15, 0.2) is 0 Å². The maximum absolute atomic E-state index is 13.7. The molecule has 0 amide bonds. The molecular formula is C22H23NO6S. The summed E-state index contributed by atoms with van der Waals surface area (Å²) >= 11 is 0. The zero-order valence-electron chi connectivity index (χ0n) is 17.2. The first-order valence-corrected chi connectivity index (χ1v) is 10.6. The second-order valence-corrected chi connectivity index (χ2v) is 8.81. The lowest BCUT2D eigenvalue weighted by atomic mass is 10.1. The number of sulfonamides is 1. The third-order valence-electron chi connectivity index (χ3n) is 4.69. The van der Waals surface area contributed by atoms with Crippen LogP contribution in [0.25, 0.3) is 0 Å². The van der Waals surface area contributed by atoms with Gasteiger partial charge in [-0.3, -0.25) is 4.31 Å². The van der Waals surface area contributed by atoms with Gasteiger partial charge in [-0.15, -0.1) is 0 Å². The molecule has 2 aromatic carbocycles. The fourth-order valence-electron chi connectivity index (χ4n) is 3.47. The highest BCUT2D eigenvalue weighted by molar-refractivity contribution is 7.92. The largest absolute Gasteiger partial charge is 0.497 e. The first-order valence-electron chi connectivity index (χ1n) is 9.20. The normalized spacial score (nSPS) is 11.3. The lowest BCUT2D eigenvalue weighted by molar-refractivity contribution is 0.0660. The minimum Gasteiger partial charge on any atom is -0.497 e. The predicted octanol–water partition coefficient (Wildman–Crippen LogP) is 4.31. The van der Waals surface area contributed by atoms with Gasteiger partial charge in [-0.2, -0.15) is 0 Å². The summed E-state index contributed by atoms with van der Waals surface area (Å²) in [5, 5.41) is 9.10. The molecule has 0 aliphatic rings. The van der Waals surface area contributed by atoms with Crippen molar-refractivity contribution in [2.45, 2.75) is 32.2 Å². The van der Waals surface area contributed by atoms with Gasteiger partial charge in [0, 0.05) is 0 Å². The van der Waals surface area contributed by atoms with Crippen LogP contribution in [-0.2, 0) is 16.6 Å². The van der Waals surface area contributed by atoms with Crippen molar-refractivity contribution in [1.29, 1.82) is 0 Å². The van der Waals surface area contributed by atoms with E-state index in [2.05, 4.69) is 0 Å². The molecule has 0 aliphatic carbocycles. The van der Waals surface area contributed by atoms with Gasteiger partial charge in [0.1, 0.15) is 11.5 Å². The van der Waals surface area contributed by atoms with E-state index in [1.165, 1.54) is 23.5 Å². The molecule has 3 rings (SSSR count). The van der Waals surface area contributed by atoms with Gasteiger partial charge in [0.25, 0.3) is 10.0 Å². The fraction of sp³-hybridized carbons (Fsp3) is 0.227. The molecule has 0 atom stereocenters. The third kappa shape index (κ3) is 4.18. The summed E-state index contributed by atoms with van der Waals surface area (Å²) in [6, 6.07) is 13.0. The van der Waals surface area contributed by atoms with Crippen LogP contribution in [0.4, 0.5) is 5.69 Å². The second-order valence-electron chi connectivity index (χ2n) is 7.01. The molecule has 0 bridgehead atoms. The monoisotopic (exact) mass is 429 g/mol. The number of aromatic carboxylic acids is 1. The van der Waals surface area contributed by atoms with Gasteiger partial charge in [-0.05, 0) is 68.3 Å². The number of nitrogens with zero attached hydrogens (tertiary/aromatic N) is 1. The Hall–Kier alpha value is -3.26. The van der Waals surface area contributed by atoms with Crippen LogP contribution in [0.15, 0.2) is 57.8 Å². The lowest BCUT2D eigenvalue weighted by Gasteiger charge is -2.26. The molecule has 0 aliphatic heterocycles. The van der Waals surface area contributed by atoms with Crippen molar-refractivity contribution < 1.29 is 27.5 Å². The van der Waals surface area contributed by atoms with Gasteiger partial charge in [0.2, 0.25) is 5.76 Å². The van der Waals surface area contributed by atoms with Crippen LogP contribution in [0.2, 0.25) is 0 Å². The topological polar surface area (TPSA) is 97.0 Å². The van der Waals surface area contributed by atoms with E-state index in [0.717, 1.165) is 5.56 Å². The average molecular weight is 429 g/mol. The highest BCUT2D eigenvalue weighted by atomic mass is 32.2. The third-order valence-corrected chi connectivity index (χ3v) is 6.77. The molecule has 7 nitrogen and oxygen atoms in total. The minimum absolute atomic E-state index is 0.158. The van der Waals surface area contributed by atoms with Gasteiger partial charge < -0.3 is 14.3 Å². The first-order chi connectivity index (χ1) is 14.1. The van der Waals surface area contributed by atoms with E-state index >= 15 is 0 Å². The highest BCUT2D eigenvalue weighted by Gasteiger charge is 2.29. The number of benzene rings is 2. The Morgan fingerprint density at radius 2 is 1.63 bits per heavy atom. The van der Waals surface area contributed by atoms with Crippen LogP contribution in [0, 0.1) is 20.8 Å². The van der Waals surface area contributed by atoms with E-state index in [9.17, 15) is 13.2 Å². The number of ether oxygens (including phenoxy) is 1. The lowest BCUT2D eigenvalue weighted by Crippen LogP contribution is -2.31. The van der Waals surface area contributed by atoms with Crippen molar-refractivity contribution in [1.82, 2.24) is 0 Å². The second kappa shape index (κ2) is 8.23. The number of aryl methyl sites for hydroxylation is 3. The maximum atomic E-state index is 13.7. The van der Waals surface area contributed by atoms with Crippen molar-refractivity contribution >= 4 is 21.7 Å². The van der Waals surface area contributed by atoms with Crippen molar-refractivity contribution in [3.05, 3.63) is 76.7 Å². The Labute approximate surface area is 175 Å². The number of anilines is 1. The Balaban J connectivity index is 2.13. The predicted molar refractivity (Wildman–Crippen MR) is 113 cm³/mol. The van der Waals surface area contributed by atoms with E-state index in [1.54, 1.807) is 38.1 Å². The Morgan fingerprint density at radius 1 is 1.03 bits per heavy atom. The summed E-state index contributed by atoms with van der Waals surface area (Å²) < 4.78 is 39.1. The summed E-state index contributed by atoms with van der Waals surface area (Å²) in [5.41, 5.74) is 2.65. The summed E-state index contributed by atoms with van der Waals surface area (Å²) in [7, 11) is -2.45. The molecule has 1 aromatic heterocycles. The van der Waals surface area contributed by atoms with Crippen molar-refractivity contribution in [3.63, 3.8) is 0 Å². The number of carboxylic acid groups (broad SMARTS) is 1. The van der Waals surface area contributed by atoms with Gasteiger partial charge >= 0.3 is 5.97 Å². The van der Waals surface area contributed by atoms with E-state index in [1.807, 2.05) is 19.1 Å². The molecule has 0 spiro atoms. The minimum atomic E-state index is -3.98. The Morgan fingerprint density at radius 3 is 2.13 bits per heavy atom. The maximum Gasteiger partial charge on any atom is 0.371 e. The van der Waals surface area contributed by atoms with Gasteiger partial charge in [-0.1, -0.05) is 17.7 Å². The molecule has 0 unspecified atom stereocenters.